The Labute approximate surface area is 104 Å². The van der Waals surface area contributed by atoms with Crippen LogP contribution in [0.15, 0.2) is 6.20 Å². The topological polar surface area (TPSA) is 87.6 Å². The highest BCUT2D eigenvalue weighted by molar-refractivity contribution is 7.90. The van der Waals surface area contributed by atoms with Crippen molar-refractivity contribution in [2.45, 2.75) is 25.6 Å². The molecule has 0 fully saturated rings. The maximum atomic E-state index is 11.8. The van der Waals surface area contributed by atoms with Gasteiger partial charge in [-0.1, -0.05) is 0 Å². The smallest absolute Gasteiger partial charge is 0.323 e. The van der Waals surface area contributed by atoms with Crippen molar-refractivity contribution >= 4 is 27.3 Å². The highest BCUT2D eigenvalue weighted by atomic mass is 32.2. The minimum Gasteiger partial charge on any atom is -0.480 e. The molecule has 0 aliphatic carbocycles. The first-order chi connectivity index (χ1) is 7.75. The summed E-state index contributed by atoms with van der Waals surface area (Å²) in [6, 6.07) is 0. The number of aryl methyl sites for hydroxylation is 1. The molecule has 1 rings (SSSR count). The molecule has 1 unspecified atom stereocenters. The number of nitrogens with zero attached hydrogens (tertiary/aromatic N) is 2. The lowest BCUT2D eigenvalue weighted by molar-refractivity contribution is -0.136. The van der Waals surface area contributed by atoms with Crippen LogP contribution in [0.5, 0.6) is 0 Å². The second-order valence-electron chi connectivity index (χ2n) is 3.63. The molecule has 1 atom stereocenters. The molecule has 6 nitrogen and oxygen atoms in total. The third-order valence-corrected chi connectivity index (χ3v) is 5.27. The quantitative estimate of drug-likeness (QED) is 0.856. The number of thiazole rings is 1. The van der Waals surface area contributed by atoms with Crippen LogP contribution >= 0.6 is 11.3 Å². The SMILES string of the molecule is Cc1ncc(CN(C)S(=O)(=O)C(C)C(=O)O)s1. The van der Waals surface area contributed by atoms with E-state index in [0.29, 0.717) is 0 Å². The van der Waals surface area contributed by atoms with Crippen molar-refractivity contribution in [3.63, 3.8) is 0 Å². The van der Waals surface area contributed by atoms with Gasteiger partial charge in [0.2, 0.25) is 10.0 Å². The molecule has 0 aliphatic rings. The summed E-state index contributed by atoms with van der Waals surface area (Å²) in [5, 5.41) is 8.12. The van der Waals surface area contributed by atoms with Gasteiger partial charge >= 0.3 is 5.97 Å². The van der Waals surface area contributed by atoms with E-state index in [0.717, 1.165) is 21.1 Å². The van der Waals surface area contributed by atoms with Gasteiger partial charge in [-0.3, -0.25) is 4.79 Å². The van der Waals surface area contributed by atoms with Gasteiger partial charge in [0.1, 0.15) is 0 Å². The van der Waals surface area contributed by atoms with Crippen LogP contribution in [0.25, 0.3) is 0 Å². The molecule has 0 amide bonds. The minimum absolute atomic E-state index is 0.144. The number of carbonyl (C=O) groups is 1. The van der Waals surface area contributed by atoms with E-state index in [-0.39, 0.29) is 6.54 Å². The molecular weight excluding hydrogens is 264 g/mol. The first kappa shape index (κ1) is 14.1. The van der Waals surface area contributed by atoms with E-state index in [2.05, 4.69) is 4.98 Å². The van der Waals surface area contributed by atoms with E-state index in [4.69, 9.17) is 5.11 Å². The number of aromatic nitrogens is 1. The van der Waals surface area contributed by atoms with Crippen LogP contribution in [-0.4, -0.2) is 41.1 Å². The fourth-order valence-corrected chi connectivity index (χ4v) is 3.23. The van der Waals surface area contributed by atoms with Gasteiger partial charge in [-0.15, -0.1) is 11.3 Å². The average molecular weight is 278 g/mol. The van der Waals surface area contributed by atoms with E-state index in [1.165, 1.54) is 18.4 Å². The zero-order valence-electron chi connectivity index (χ0n) is 9.74. The molecule has 8 heteroatoms. The lowest BCUT2D eigenvalue weighted by atomic mass is 10.5. The van der Waals surface area contributed by atoms with Crippen LogP contribution in [0.4, 0.5) is 0 Å². The summed E-state index contributed by atoms with van der Waals surface area (Å²) in [4.78, 5) is 15.5. The average Bonchev–Trinajstić information content (AvgIpc) is 2.62. The van der Waals surface area contributed by atoms with Gasteiger partial charge in [0.05, 0.1) is 5.01 Å². The van der Waals surface area contributed by atoms with Crippen LogP contribution in [0.3, 0.4) is 0 Å². The van der Waals surface area contributed by atoms with Crippen molar-refractivity contribution in [2.75, 3.05) is 7.05 Å². The second kappa shape index (κ2) is 5.11. The van der Waals surface area contributed by atoms with Crippen LogP contribution in [0, 0.1) is 6.92 Å². The molecule has 0 saturated heterocycles. The molecule has 1 aromatic rings. The summed E-state index contributed by atoms with van der Waals surface area (Å²) in [6.45, 7) is 3.13. The van der Waals surface area contributed by atoms with Crippen molar-refractivity contribution < 1.29 is 18.3 Å². The van der Waals surface area contributed by atoms with Crippen molar-refractivity contribution in [3.8, 4) is 0 Å². The van der Waals surface area contributed by atoms with Gasteiger partial charge in [0, 0.05) is 24.7 Å². The normalized spacial score (nSPS) is 13.9. The molecule has 0 aromatic carbocycles. The molecule has 0 radical (unpaired) electrons. The Kier molecular flexibility index (Phi) is 4.23. The molecule has 1 aromatic heterocycles. The van der Waals surface area contributed by atoms with Gasteiger partial charge in [0.25, 0.3) is 0 Å². The molecule has 1 heterocycles. The fourth-order valence-electron chi connectivity index (χ4n) is 1.19. The van der Waals surface area contributed by atoms with Crippen molar-refractivity contribution in [1.29, 1.82) is 0 Å². The number of hydrogen-bond acceptors (Lipinski definition) is 5. The zero-order valence-corrected chi connectivity index (χ0v) is 11.4. The number of sulfonamides is 1. The third-order valence-electron chi connectivity index (χ3n) is 2.28. The molecule has 0 aliphatic heterocycles. The Morgan fingerprint density at radius 1 is 1.65 bits per heavy atom. The number of carboxylic acids is 1. The molecule has 96 valence electrons. The Morgan fingerprint density at radius 2 is 2.24 bits per heavy atom. The van der Waals surface area contributed by atoms with Crippen molar-refractivity contribution in [2.24, 2.45) is 0 Å². The van der Waals surface area contributed by atoms with E-state index in [1.807, 2.05) is 6.92 Å². The van der Waals surface area contributed by atoms with Crippen LogP contribution in [-0.2, 0) is 21.4 Å². The van der Waals surface area contributed by atoms with Gasteiger partial charge in [-0.2, -0.15) is 4.31 Å². The molecular formula is C9H14N2O4S2. The van der Waals surface area contributed by atoms with Crippen LogP contribution in [0.1, 0.15) is 16.8 Å². The van der Waals surface area contributed by atoms with Gasteiger partial charge in [-0.05, 0) is 13.8 Å². The standard InChI is InChI=1S/C9H14N2O4S2/c1-6(9(12)13)17(14,15)11(3)5-8-4-10-7(2)16-8/h4,6H,5H2,1-3H3,(H,12,13). The van der Waals surface area contributed by atoms with E-state index in [9.17, 15) is 13.2 Å². The number of aliphatic carboxylic acids is 1. The third kappa shape index (κ3) is 3.24. The summed E-state index contributed by atoms with van der Waals surface area (Å²) in [7, 11) is -2.45. The Morgan fingerprint density at radius 3 is 2.65 bits per heavy atom. The monoisotopic (exact) mass is 278 g/mol. The highest BCUT2D eigenvalue weighted by Crippen LogP contribution is 2.17. The summed E-state index contributed by atoms with van der Waals surface area (Å²) in [5.41, 5.74) is 0. The predicted molar refractivity (Wildman–Crippen MR) is 64.3 cm³/mol. The second-order valence-corrected chi connectivity index (χ2v) is 7.31. The summed E-state index contributed by atoms with van der Waals surface area (Å²) in [5.74, 6) is -1.35. The maximum Gasteiger partial charge on any atom is 0.323 e. The maximum absolute atomic E-state index is 11.8. The van der Waals surface area contributed by atoms with Crippen molar-refractivity contribution in [3.05, 3.63) is 16.1 Å². The number of rotatable bonds is 5. The minimum atomic E-state index is -3.81. The van der Waals surface area contributed by atoms with E-state index in [1.54, 1.807) is 6.20 Å². The molecule has 0 saturated carbocycles. The van der Waals surface area contributed by atoms with Gasteiger partial charge in [0.15, 0.2) is 5.25 Å². The zero-order chi connectivity index (χ0) is 13.2. The van der Waals surface area contributed by atoms with E-state index >= 15 is 0 Å². The molecule has 1 N–H and O–H groups in total. The van der Waals surface area contributed by atoms with Crippen molar-refractivity contribution in [1.82, 2.24) is 9.29 Å². The molecule has 0 bridgehead atoms. The van der Waals surface area contributed by atoms with Gasteiger partial charge < -0.3 is 5.11 Å². The van der Waals surface area contributed by atoms with Gasteiger partial charge in [-0.25, -0.2) is 13.4 Å². The summed E-state index contributed by atoms with van der Waals surface area (Å²) < 4.78 is 24.7. The summed E-state index contributed by atoms with van der Waals surface area (Å²) >= 11 is 1.39. The Hall–Kier alpha value is -0.990. The number of hydrogen-bond donors (Lipinski definition) is 1. The summed E-state index contributed by atoms with van der Waals surface area (Å²) in [6.07, 6.45) is 1.59. The fraction of sp³-hybridized carbons (Fsp3) is 0.556. The lowest BCUT2D eigenvalue weighted by Gasteiger charge is -2.18. The first-order valence-corrected chi connectivity index (χ1v) is 7.16. The molecule has 17 heavy (non-hydrogen) atoms. The van der Waals surface area contributed by atoms with Crippen LogP contribution in [0.2, 0.25) is 0 Å². The van der Waals surface area contributed by atoms with E-state index < -0.39 is 21.2 Å². The highest BCUT2D eigenvalue weighted by Gasteiger charge is 2.31. The number of carboxylic acid groups (broad SMARTS) is 1. The first-order valence-electron chi connectivity index (χ1n) is 4.84. The Balaban J connectivity index is 2.83. The predicted octanol–water partition coefficient (Wildman–Crippen LogP) is 0.686. The van der Waals surface area contributed by atoms with Crippen LogP contribution < -0.4 is 0 Å². The lowest BCUT2D eigenvalue weighted by Crippen LogP contribution is -2.38. The largest absolute Gasteiger partial charge is 0.480 e. The Bertz CT molecular complexity index is 509. The molecule has 0 spiro atoms.